The second-order valence-corrected chi connectivity index (χ2v) is 3.66. The fourth-order valence-electron chi connectivity index (χ4n) is 2.04. The van der Waals surface area contributed by atoms with Gasteiger partial charge in [-0.05, 0) is 30.0 Å². The second-order valence-electron chi connectivity index (χ2n) is 3.66. The van der Waals surface area contributed by atoms with Gasteiger partial charge in [0.25, 0.3) is 0 Å². The number of aryl methyl sites for hydroxylation is 1. The van der Waals surface area contributed by atoms with Gasteiger partial charge < -0.3 is 4.40 Å². The molecular formula is C13H11N. The van der Waals surface area contributed by atoms with Gasteiger partial charge >= 0.3 is 0 Å². The fraction of sp³-hybridized carbons (Fsp3) is 0.0769. The summed E-state index contributed by atoms with van der Waals surface area (Å²) in [7, 11) is 0. The zero-order valence-corrected chi connectivity index (χ0v) is 8.07. The molecule has 3 rings (SSSR count). The minimum Gasteiger partial charge on any atom is -0.323 e. The highest BCUT2D eigenvalue weighted by Gasteiger charge is 2.01. The standard InChI is InChI=1S/C13H11N/c1-10-6-8-14-9-7-11-4-2-3-5-12(11)13(10)14/h2-9H,1H3. The van der Waals surface area contributed by atoms with Crippen molar-refractivity contribution in [1.29, 1.82) is 0 Å². The summed E-state index contributed by atoms with van der Waals surface area (Å²) in [6.07, 6.45) is 4.22. The van der Waals surface area contributed by atoms with Crippen LogP contribution in [0.15, 0.2) is 48.8 Å². The van der Waals surface area contributed by atoms with Crippen LogP contribution in [0.25, 0.3) is 16.3 Å². The first-order chi connectivity index (χ1) is 6.86. The lowest BCUT2D eigenvalue weighted by Gasteiger charge is -2.02. The largest absolute Gasteiger partial charge is 0.323 e. The lowest BCUT2D eigenvalue weighted by Crippen LogP contribution is -1.83. The zero-order valence-electron chi connectivity index (χ0n) is 8.07. The molecule has 0 N–H and O–H groups in total. The van der Waals surface area contributed by atoms with Crippen molar-refractivity contribution in [1.82, 2.24) is 4.40 Å². The maximum absolute atomic E-state index is 2.18. The number of hydrogen-bond acceptors (Lipinski definition) is 0. The SMILES string of the molecule is Cc1ccn2ccc3ccccc3c12. The molecule has 0 amide bonds. The molecule has 0 aliphatic rings. The number of benzene rings is 1. The van der Waals surface area contributed by atoms with Crippen LogP contribution in [-0.4, -0.2) is 4.40 Å². The van der Waals surface area contributed by atoms with Crippen molar-refractivity contribution in [2.24, 2.45) is 0 Å². The van der Waals surface area contributed by atoms with E-state index in [-0.39, 0.29) is 0 Å². The van der Waals surface area contributed by atoms with Crippen molar-refractivity contribution in [2.75, 3.05) is 0 Å². The second kappa shape index (κ2) is 2.61. The highest BCUT2D eigenvalue weighted by Crippen LogP contribution is 2.22. The van der Waals surface area contributed by atoms with Crippen molar-refractivity contribution in [2.45, 2.75) is 6.92 Å². The molecule has 0 fully saturated rings. The Kier molecular flexibility index (Phi) is 1.42. The number of fused-ring (bicyclic) bond motifs is 3. The Morgan fingerprint density at radius 1 is 0.929 bits per heavy atom. The zero-order chi connectivity index (χ0) is 9.54. The van der Waals surface area contributed by atoms with E-state index in [0.29, 0.717) is 0 Å². The van der Waals surface area contributed by atoms with E-state index in [4.69, 9.17) is 0 Å². The molecule has 0 unspecified atom stereocenters. The number of rotatable bonds is 0. The Morgan fingerprint density at radius 3 is 2.64 bits per heavy atom. The maximum Gasteiger partial charge on any atom is 0.0557 e. The van der Waals surface area contributed by atoms with Gasteiger partial charge in [-0.1, -0.05) is 24.3 Å². The van der Waals surface area contributed by atoms with E-state index in [2.05, 4.69) is 60.1 Å². The quantitative estimate of drug-likeness (QED) is 0.500. The molecule has 2 aromatic heterocycles. The summed E-state index contributed by atoms with van der Waals surface area (Å²) in [4.78, 5) is 0. The molecule has 0 saturated heterocycles. The minimum atomic E-state index is 1.31. The van der Waals surface area contributed by atoms with Crippen LogP contribution in [0.4, 0.5) is 0 Å². The smallest absolute Gasteiger partial charge is 0.0557 e. The van der Waals surface area contributed by atoms with Gasteiger partial charge in [0.05, 0.1) is 5.52 Å². The Labute approximate surface area is 82.6 Å². The van der Waals surface area contributed by atoms with Gasteiger partial charge in [0.1, 0.15) is 0 Å². The van der Waals surface area contributed by atoms with E-state index in [0.717, 1.165) is 0 Å². The molecule has 0 aliphatic carbocycles. The third kappa shape index (κ3) is 0.896. The average molecular weight is 181 g/mol. The van der Waals surface area contributed by atoms with Crippen LogP contribution < -0.4 is 0 Å². The molecule has 68 valence electrons. The minimum absolute atomic E-state index is 1.31. The first-order valence-corrected chi connectivity index (χ1v) is 4.81. The molecule has 0 aliphatic heterocycles. The van der Waals surface area contributed by atoms with E-state index in [9.17, 15) is 0 Å². The van der Waals surface area contributed by atoms with Crippen LogP contribution in [-0.2, 0) is 0 Å². The summed E-state index contributed by atoms with van der Waals surface area (Å²) in [6, 6.07) is 12.8. The topological polar surface area (TPSA) is 4.41 Å². The molecule has 3 aromatic rings. The van der Waals surface area contributed by atoms with E-state index in [1.807, 2.05) is 0 Å². The molecule has 0 bridgehead atoms. The van der Waals surface area contributed by atoms with E-state index in [1.165, 1.54) is 21.9 Å². The van der Waals surface area contributed by atoms with Crippen LogP contribution in [0.1, 0.15) is 5.56 Å². The molecule has 1 aromatic carbocycles. The Hall–Kier alpha value is -1.76. The summed E-state index contributed by atoms with van der Waals surface area (Å²) >= 11 is 0. The normalized spacial score (nSPS) is 11.2. The average Bonchev–Trinajstić information content (AvgIpc) is 2.61. The highest BCUT2D eigenvalue weighted by molar-refractivity contribution is 5.97. The molecule has 0 spiro atoms. The third-order valence-corrected chi connectivity index (χ3v) is 2.75. The van der Waals surface area contributed by atoms with Gasteiger partial charge in [-0.3, -0.25) is 0 Å². The molecule has 0 saturated carbocycles. The summed E-state index contributed by atoms with van der Waals surface area (Å²) < 4.78 is 2.18. The van der Waals surface area contributed by atoms with Crippen LogP contribution >= 0.6 is 0 Å². The fourth-order valence-corrected chi connectivity index (χ4v) is 2.04. The van der Waals surface area contributed by atoms with Crippen LogP contribution in [0.2, 0.25) is 0 Å². The molecule has 14 heavy (non-hydrogen) atoms. The molecule has 0 atom stereocenters. The van der Waals surface area contributed by atoms with Gasteiger partial charge in [-0.2, -0.15) is 0 Å². The summed E-state index contributed by atoms with van der Waals surface area (Å²) in [5.41, 5.74) is 2.66. The van der Waals surface area contributed by atoms with E-state index < -0.39 is 0 Å². The van der Waals surface area contributed by atoms with Crippen LogP contribution in [0, 0.1) is 6.92 Å². The third-order valence-electron chi connectivity index (χ3n) is 2.75. The molecule has 1 nitrogen and oxygen atoms in total. The van der Waals surface area contributed by atoms with Crippen molar-refractivity contribution >= 4 is 16.3 Å². The van der Waals surface area contributed by atoms with Crippen molar-refractivity contribution in [3.8, 4) is 0 Å². The Bertz CT molecular complexity index is 605. The van der Waals surface area contributed by atoms with E-state index >= 15 is 0 Å². The van der Waals surface area contributed by atoms with Crippen molar-refractivity contribution in [3.05, 3.63) is 54.4 Å². The lowest BCUT2D eigenvalue weighted by molar-refractivity contribution is 1.21. The Morgan fingerprint density at radius 2 is 1.71 bits per heavy atom. The maximum atomic E-state index is 2.18. The summed E-state index contributed by atoms with van der Waals surface area (Å²) in [6.45, 7) is 2.15. The predicted molar refractivity (Wildman–Crippen MR) is 59.6 cm³/mol. The van der Waals surface area contributed by atoms with E-state index in [1.54, 1.807) is 0 Å². The molecule has 2 heterocycles. The molecule has 0 radical (unpaired) electrons. The van der Waals surface area contributed by atoms with Crippen LogP contribution in [0.3, 0.4) is 0 Å². The van der Waals surface area contributed by atoms with Gasteiger partial charge in [0.15, 0.2) is 0 Å². The van der Waals surface area contributed by atoms with Gasteiger partial charge in [-0.25, -0.2) is 0 Å². The summed E-state index contributed by atoms with van der Waals surface area (Å²) in [5.74, 6) is 0. The monoisotopic (exact) mass is 181 g/mol. The van der Waals surface area contributed by atoms with Crippen molar-refractivity contribution < 1.29 is 0 Å². The number of pyridine rings is 1. The van der Waals surface area contributed by atoms with Crippen LogP contribution in [0.5, 0.6) is 0 Å². The Balaban J connectivity index is 2.65. The van der Waals surface area contributed by atoms with Gasteiger partial charge in [-0.15, -0.1) is 0 Å². The first-order valence-electron chi connectivity index (χ1n) is 4.81. The number of nitrogens with zero attached hydrogens (tertiary/aromatic N) is 1. The molecule has 1 heteroatoms. The molecular weight excluding hydrogens is 170 g/mol. The van der Waals surface area contributed by atoms with Gasteiger partial charge in [0, 0.05) is 17.8 Å². The number of aromatic nitrogens is 1. The van der Waals surface area contributed by atoms with Gasteiger partial charge in [0.2, 0.25) is 0 Å². The highest BCUT2D eigenvalue weighted by atomic mass is 14.9. The number of hydrogen-bond donors (Lipinski definition) is 0. The predicted octanol–water partition coefficient (Wildman–Crippen LogP) is 3.40. The first kappa shape index (κ1) is 7.63. The lowest BCUT2D eigenvalue weighted by atomic mass is 10.1. The van der Waals surface area contributed by atoms with Crippen molar-refractivity contribution in [3.63, 3.8) is 0 Å². The summed E-state index contributed by atoms with van der Waals surface area (Å²) in [5, 5.41) is 2.64.